The van der Waals surface area contributed by atoms with Gasteiger partial charge in [0, 0.05) is 11.3 Å². The lowest BCUT2D eigenvalue weighted by Crippen LogP contribution is -2.32. The number of amidine groups is 1. The normalized spacial score (nSPS) is 30.2. The molecular formula is C11H14N2O2. The van der Waals surface area contributed by atoms with E-state index in [-0.39, 0.29) is 23.5 Å². The van der Waals surface area contributed by atoms with Crippen LogP contribution in [-0.2, 0) is 9.59 Å². The van der Waals surface area contributed by atoms with E-state index in [0.717, 1.165) is 11.3 Å². The molecule has 0 aliphatic carbocycles. The number of rotatable bonds is 1. The molecule has 2 aliphatic rings. The minimum absolute atomic E-state index is 0.0610. The van der Waals surface area contributed by atoms with E-state index >= 15 is 0 Å². The summed E-state index contributed by atoms with van der Waals surface area (Å²) in [7, 11) is 0. The first kappa shape index (κ1) is 10.1. The van der Waals surface area contributed by atoms with Crippen molar-refractivity contribution in [3.05, 3.63) is 11.3 Å². The maximum atomic E-state index is 12.1. The predicted molar refractivity (Wildman–Crippen MR) is 56.2 cm³/mol. The zero-order chi connectivity index (χ0) is 11.2. The summed E-state index contributed by atoms with van der Waals surface area (Å²) < 4.78 is 0. The Labute approximate surface area is 88.5 Å². The van der Waals surface area contributed by atoms with Crippen molar-refractivity contribution >= 4 is 17.5 Å². The van der Waals surface area contributed by atoms with Gasteiger partial charge in [-0.25, -0.2) is 4.99 Å². The number of aliphatic imine (C=N–C) groups is 1. The van der Waals surface area contributed by atoms with Gasteiger partial charge in [0.1, 0.15) is 5.84 Å². The van der Waals surface area contributed by atoms with Gasteiger partial charge < -0.3 is 5.32 Å². The average molecular weight is 206 g/mol. The molecule has 0 radical (unpaired) electrons. The molecule has 4 heteroatoms. The van der Waals surface area contributed by atoms with Gasteiger partial charge in [0.2, 0.25) is 5.91 Å². The summed E-state index contributed by atoms with van der Waals surface area (Å²) >= 11 is 0. The number of carbonyl (C=O) groups is 2. The third-order valence-corrected chi connectivity index (χ3v) is 3.12. The van der Waals surface area contributed by atoms with Crippen LogP contribution in [0.15, 0.2) is 16.3 Å². The molecule has 1 amide bonds. The number of nitrogens with one attached hydrogen (secondary N) is 1. The second kappa shape index (κ2) is 3.29. The first-order valence-corrected chi connectivity index (χ1v) is 5.19. The highest BCUT2D eigenvalue weighted by molar-refractivity contribution is 6.22. The summed E-state index contributed by atoms with van der Waals surface area (Å²) in [4.78, 5) is 27.8. The van der Waals surface area contributed by atoms with E-state index in [1.54, 1.807) is 6.92 Å². The number of nitrogens with zero attached hydrogens (tertiary/aromatic N) is 1. The summed E-state index contributed by atoms with van der Waals surface area (Å²) in [6.07, 6.45) is 0.679. The topological polar surface area (TPSA) is 58.5 Å². The van der Waals surface area contributed by atoms with E-state index in [9.17, 15) is 9.59 Å². The van der Waals surface area contributed by atoms with Gasteiger partial charge in [0.15, 0.2) is 5.78 Å². The van der Waals surface area contributed by atoms with Crippen molar-refractivity contribution in [2.75, 3.05) is 0 Å². The second-order valence-electron chi connectivity index (χ2n) is 4.03. The number of hydrogen-bond acceptors (Lipinski definition) is 3. The molecule has 0 bridgehead atoms. The molecule has 15 heavy (non-hydrogen) atoms. The Hall–Kier alpha value is -1.45. The Bertz CT molecular complexity index is 407. The van der Waals surface area contributed by atoms with E-state index in [4.69, 9.17) is 0 Å². The van der Waals surface area contributed by atoms with Crippen molar-refractivity contribution in [2.45, 2.75) is 27.2 Å². The molecule has 1 fully saturated rings. The van der Waals surface area contributed by atoms with E-state index < -0.39 is 0 Å². The van der Waals surface area contributed by atoms with Gasteiger partial charge in [-0.05, 0) is 13.3 Å². The standard InChI is InChI=1S/C11H14N2O2/c1-4-7-6(3)12-10-8(9(7)14)5(2)11(15)13-10/h5,8H,4H2,1-3H3,(H,12,13,15)/t5-,8-/m1/s1. The molecule has 0 aromatic heterocycles. The summed E-state index contributed by atoms with van der Waals surface area (Å²) in [5.74, 6) is -0.155. The van der Waals surface area contributed by atoms with Gasteiger partial charge in [0.05, 0.1) is 11.8 Å². The number of carbonyl (C=O) groups excluding carboxylic acids is 2. The van der Waals surface area contributed by atoms with Crippen LogP contribution in [0, 0.1) is 11.8 Å². The molecule has 1 saturated heterocycles. The third-order valence-electron chi connectivity index (χ3n) is 3.12. The summed E-state index contributed by atoms with van der Waals surface area (Å²) in [6.45, 7) is 5.52. The molecule has 1 N–H and O–H groups in total. The van der Waals surface area contributed by atoms with Crippen molar-refractivity contribution in [2.24, 2.45) is 16.8 Å². The van der Waals surface area contributed by atoms with E-state index in [2.05, 4.69) is 10.3 Å². The van der Waals surface area contributed by atoms with Crippen molar-refractivity contribution in [3.63, 3.8) is 0 Å². The molecule has 0 spiro atoms. The number of ketones is 1. The quantitative estimate of drug-likeness (QED) is 0.696. The SMILES string of the molecule is CCC1=C(C)N=C2NC(=O)[C@H](C)[C@@H]2C1=O. The summed E-state index contributed by atoms with van der Waals surface area (Å²) in [5.41, 5.74) is 1.50. The minimum Gasteiger partial charge on any atom is -0.313 e. The molecule has 2 atom stereocenters. The molecule has 0 aromatic carbocycles. The van der Waals surface area contributed by atoms with Crippen LogP contribution in [-0.4, -0.2) is 17.5 Å². The van der Waals surface area contributed by atoms with Crippen LogP contribution < -0.4 is 5.32 Å². The molecule has 0 aromatic rings. The van der Waals surface area contributed by atoms with Gasteiger partial charge in [0.25, 0.3) is 0 Å². The highest BCUT2D eigenvalue weighted by Gasteiger charge is 2.44. The molecule has 4 nitrogen and oxygen atoms in total. The van der Waals surface area contributed by atoms with Crippen molar-refractivity contribution in [1.82, 2.24) is 5.32 Å². The lowest BCUT2D eigenvalue weighted by molar-refractivity contribution is -0.126. The molecule has 0 unspecified atom stereocenters. The van der Waals surface area contributed by atoms with Crippen molar-refractivity contribution in [3.8, 4) is 0 Å². The zero-order valence-electron chi connectivity index (χ0n) is 9.13. The Morgan fingerprint density at radius 2 is 2.07 bits per heavy atom. The van der Waals surface area contributed by atoms with Crippen LogP contribution >= 0.6 is 0 Å². The van der Waals surface area contributed by atoms with E-state index in [1.807, 2.05) is 13.8 Å². The van der Waals surface area contributed by atoms with E-state index in [1.165, 1.54) is 0 Å². The van der Waals surface area contributed by atoms with Gasteiger partial charge in [-0.2, -0.15) is 0 Å². The largest absolute Gasteiger partial charge is 0.313 e. The van der Waals surface area contributed by atoms with Crippen LogP contribution in [0.2, 0.25) is 0 Å². The number of Topliss-reactive ketones (excluding diaryl/α,β-unsaturated/α-hetero) is 1. The molecule has 2 heterocycles. The van der Waals surface area contributed by atoms with Crippen LogP contribution in [0.4, 0.5) is 0 Å². The first-order valence-electron chi connectivity index (χ1n) is 5.19. The van der Waals surface area contributed by atoms with E-state index in [0.29, 0.717) is 12.3 Å². The average Bonchev–Trinajstić information content (AvgIpc) is 2.43. The fourth-order valence-corrected chi connectivity index (χ4v) is 2.20. The maximum Gasteiger partial charge on any atom is 0.229 e. The Morgan fingerprint density at radius 3 is 2.67 bits per heavy atom. The fourth-order valence-electron chi connectivity index (χ4n) is 2.20. The second-order valence-corrected chi connectivity index (χ2v) is 4.03. The lowest BCUT2D eigenvalue weighted by atomic mass is 9.85. The monoisotopic (exact) mass is 206 g/mol. The minimum atomic E-state index is -0.365. The van der Waals surface area contributed by atoms with Crippen molar-refractivity contribution < 1.29 is 9.59 Å². The Balaban J connectivity index is 2.46. The first-order chi connectivity index (χ1) is 7.06. The molecule has 0 saturated carbocycles. The van der Waals surface area contributed by atoms with Gasteiger partial charge in [-0.15, -0.1) is 0 Å². The third kappa shape index (κ3) is 1.32. The number of amides is 1. The molecule has 2 aliphatic heterocycles. The van der Waals surface area contributed by atoms with Crippen LogP contribution in [0.25, 0.3) is 0 Å². The zero-order valence-corrected chi connectivity index (χ0v) is 9.13. The lowest BCUT2D eigenvalue weighted by Gasteiger charge is -2.19. The Morgan fingerprint density at radius 1 is 1.40 bits per heavy atom. The highest BCUT2D eigenvalue weighted by Crippen LogP contribution is 2.30. The van der Waals surface area contributed by atoms with Crippen molar-refractivity contribution in [1.29, 1.82) is 0 Å². The smallest absolute Gasteiger partial charge is 0.229 e. The molecule has 2 rings (SSSR count). The highest BCUT2D eigenvalue weighted by atomic mass is 16.2. The molecule has 80 valence electrons. The van der Waals surface area contributed by atoms with Gasteiger partial charge >= 0.3 is 0 Å². The van der Waals surface area contributed by atoms with Crippen LogP contribution in [0.5, 0.6) is 0 Å². The number of allylic oxidation sites excluding steroid dienone is 2. The molecular weight excluding hydrogens is 192 g/mol. The van der Waals surface area contributed by atoms with Crippen LogP contribution in [0.3, 0.4) is 0 Å². The maximum absolute atomic E-state index is 12.1. The van der Waals surface area contributed by atoms with Crippen LogP contribution in [0.1, 0.15) is 27.2 Å². The predicted octanol–water partition coefficient (Wildman–Crippen LogP) is 1.03. The summed E-state index contributed by atoms with van der Waals surface area (Å²) in [6, 6.07) is 0. The summed E-state index contributed by atoms with van der Waals surface area (Å²) in [5, 5.41) is 2.67. The number of fused-ring (bicyclic) bond motifs is 1. The number of hydrogen-bond donors (Lipinski definition) is 1. The van der Waals surface area contributed by atoms with Gasteiger partial charge in [-0.3, -0.25) is 9.59 Å². The fraction of sp³-hybridized carbons (Fsp3) is 0.545. The van der Waals surface area contributed by atoms with Gasteiger partial charge in [-0.1, -0.05) is 13.8 Å². The Kier molecular flexibility index (Phi) is 2.21.